The second-order valence-electron chi connectivity index (χ2n) is 6.50. The van der Waals surface area contributed by atoms with Crippen LogP contribution >= 0.6 is 11.8 Å². The van der Waals surface area contributed by atoms with Gasteiger partial charge in [-0.15, -0.1) is 0 Å². The molecule has 0 aliphatic carbocycles. The van der Waals surface area contributed by atoms with Crippen LogP contribution in [0, 0.1) is 0 Å². The Morgan fingerprint density at radius 3 is 2.84 bits per heavy atom. The van der Waals surface area contributed by atoms with Crippen LogP contribution in [0.4, 0.5) is 0 Å². The van der Waals surface area contributed by atoms with Gasteiger partial charge in [-0.2, -0.15) is 11.8 Å². The van der Waals surface area contributed by atoms with E-state index in [1.165, 1.54) is 30.1 Å². The minimum atomic E-state index is 0.369. The van der Waals surface area contributed by atoms with Crippen LogP contribution < -0.4 is 0 Å². The van der Waals surface area contributed by atoms with Crippen LogP contribution in [0.1, 0.15) is 45.1 Å². The molecule has 0 unspecified atom stereocenters. The first-order valence-corrected chi connectivity index (χ1v) is 8.30. The molecule has 1 aliphatic rings. The number of rotatable bonds is 5. The molecule has 2 heterocycles. The molecule has 0 amide bonds. The van der Waals surface area contributed by atoms with Gasteiger partial charge < -0.3 is 4.57 Å². The molecule has 0 aromatic carbocycles. The number of thioether (sulfide) groups is 1. The van der Waals surface area contributed by atoms with Gasteiger partial charge in [-0.25, -0.2) is 4.98 Å². The van der Waals surface area contributed by atoms with Gasteiger partial charge in [0.2, 0.25) is 0 Å². The van der Waals surface area contributed by atoms with Gasteiger partial charge in [0.25, 0.3) is 0 Å². The highest BCUT2D eigenvalue weighted by Gasteiger charge is 2.14. The first-order valence-electron chi connectivity index (χ1n) is 7.31. The van der Waals surface area contributed by atoms with Gasteiger partial charge >= 0.3 is 0 Å². The van der Waals surface area contributed by atoms with E-state index in [4.69, 9.17) is 4.98 Å². The summed E-state index contributed by atoms with van der Waals surface area (Å²) in [6.07, 6.45) is 6.01. The lowest BCUT2D eigenvalue weighted by molar-refractivity contribution is 0.344. The van der Waals surface area contributed by atoms with Gasteiger partial charge in [0.05, 0.1) is 5.69 Å². The van der Waals surface area contributed by atoms with E-state index in [1.807, 2.05) is 11.8 Å². The molecule has 19 heavy (non-hydrogen) atoms. The first-order chi connectivity index (χ1) is 8.94. The van der Waals surface area contributed by atoms with Crippen molar-refractivity contribution in [3.63, 3.8) is 0 Å². The molecule has 1 aromatic rings. The fourth-order valence-corrected chi connectivity index (χ4v) is 3.43. The van der Waals surface area contributed by atoms with E-state index in [0.717, 1.165) is 26.1 Å². The Morgan fingerprint density at radius 1 is 1.37 bits per heavy atom. The molecular formula is C15H27N3S. The van der Waals surface area contributed by atoms with Crippen LogP contribution in [0.3, 0.4) is 0 Å². The lowest BCUT2D eigenvalue weighted by Gasteiger charge is -2.20. The maximum absolute atomic E-state index is 4.76. The van der Waals surface area contributed by atoms with E-state index in [1.54, 1.807) is 0 Å². The number of nitrogens with zero attached hydrogens (tertiary/aromatic N) is 3. The van der Waals surface area contributed by atoms with Crippen molar-refractivity contribution in [3.8, 4) is 0 Å². The van der Waals surface area contributed by atoms with Crippen molar-refractivity contribution in [3.05, 3.63) is 17.7 Å². The normalized spacial score (nSPS) is 15.8. The molecule has 2 rings (SSSR count). The van der Waals surface area contributed by atoms with Crippen molar-refractivity contribution < 1.29 is 0 Å². The Bertz CT molecular complexity index is 383. The second kappa shape index (κ2) is 6.31. The second-order valence-corrected chi connectivity index (χ2v) is 8.42. The summed E-state index contributed by atoms with van der Waals surface area (Å²) in [4.78, 5) is 7.14. The smallest absolute Gasteiger partial charge is 0.109 e. The summed E-state index contributed by atoms with van der Waals surface area (Å²) in [6, 6.07) is 0. The lowest BCUT2D eigenvalue weighted by Crippen LogP contribution is -2.22. The summed E-state index contributed by atoms with van der Waals surface area (Å²) in [5.41, 5.74) is 1.24. The number of fused-ring (bicyclic) bond motifs is 1. The molecule has 0 radical (unpaired) electrons. The minimum absolute atomic E-state index is 0.369. The highest BCUT2D eigenvalue weighted by molar-refractivity contribution is 8.00. The van der Waals surface area contributed by atoms with Gasteiger partial charge in [-0.3, -0.25) is 4.90 Å². The number of hydrogen-bond donors (Lipinski definition) is 0. The zero-order chi connectivity index (χ0) is 13.9. The molecule has 3 nitrogen and oxygen atoms in total. The summed E-state index contributed by atoms with van der Waals surface area (Å²) >= 11 is 2.03. The monoisotopic (exact) mass is 281 g/mol. The SMILES string of the molecule is CN(CCSC(C)(C)C)Cc1cn2c(n1)CCCC2. The molecule has 108 valence electrons. The Kier molecular flexibility index (Phi) is 4.96. The standard InChI is InChI=1S/C15H27N3S/c1-15(2,3)19-10-9-17(4)11-13-12-18-8-6-5-7-14(18)16-13/h12H,5-11H2,1-4H3. The third-order valence-corrected chi connectivity index (χ3v) is 4.65. The molecular weight excluding hydrogens is 254 g/mol. The van der Waals surface area contributed by atoms with Crippen molar-refractivity contribution in [1.82, 2.24) is 14.5 Å². The third kappa shape index (κ3) is 4.84. The summed E-state index contributed by atoms with van der Waals surface area (Å²) < 4.78 is 2.71. The van der Waals surface area contributed by atoms with E-state index in [9.17, 15) is 0 Å². The molecule has 0 saturated carbocycles. The van der Waals surface area contributed by atoms with Crippen LogP contribution in [0.15, 0.2) is 6.20 Å². The van der Waals surface area contributed by atoms with Crippen LogP contribution in [0.2, 0.25) is 0 Å². The van der Waals surface area contributed by atoms with E-state index in [0.29, 0.717) is 4.75 Å². The lowest BCUT2D eigenvalue weighted by atomic mass is 10.2. The van der Waals surface area contributed by atoms with Gasteiger partial charge in [0.1, 0.15) is 5.82 Å². The minimum Gasteiger partial charge on any atom is -0.335 e. The predicted molar refractivity (Wildman–Crippen MR) is 83.7 cm³/mol. The van der Waals surface area contributed by atoms with Crippen LogP contribution in [0.25, 0.3) is 0 Å². The maximum atomic E-state index is 4.76. The van der Waals surface area contributed by atoms with Crippen molar-refractivity contribution in [2.24, 2.45) is 0 Å². The summed E-state index contributed by atoms with van der Waals surface area (Å²) in [5.74, 6) is 2.48. The van der Waals surface area contributed by atoms with Crippen molar-refractivity contribution in [2.75, 3.05) is 19.3 Å². The number of hydrogen-bond acceptors (Lipinski definition) is 3. The predicted octanol–water partition coefficient (Wildman–Crippen LogP) is 3.18. The van der Waals surface area contributed by atoms with Gasteiger partial charge in [0, 0.05) is 42.8 Å². The summed E-state index contributed by atoms with van der Waals surface area (Å²) in [5, 5.41) is 0. The molecule has 1 aliphatic heterocycles. The molecule has 1 aromatic heterocycles. The molecule has 0 bridgehead atoms. The average molecular weight is 281 g/mol. The van der Waals surface area contributed by atoms with E-state index >= 15 is 0 Å². The number of aromatic nitrogens is 2. The van der Waals surface area contributed by atoms with Crippen LogP contribution in [0.5, 0.6) is 0 Å². The first kappa shape index (κ1) is 14.9. The Labute approximate surface area is 121 Å². The highest BCUT2D eigenvalue weighted by Crippen LogP contribution is 2.23. The average Bonchev–Trinajstić information content (AvgIpc) is 2.68. The van der Waals surface area contributed by atoms with Crippen LogP contribution in [-0.4, -0.2) is 38.5 Å². The highest BCUT2D eigenvalue weighted by atomic mass is 32.2. The summed E-state index contributed by atoms with van der Waals surface area (Å²) in [6.45, 7) is 10.1. The van der Waals surface area contributed by atoms with Crippen LogP contribution in [-0.2, 0) is 19.5 Å². The Balaban J connectivity index is 1.78. The fraction of sp³-hybridized carbons (Fsp3) is 0.800. The van der Waals surface area contributed by atoms with Crippen molar-refractivity contribution in [2.45, 2.75) is 57.9 Å². The fourth-order valence-electron chi connectivity index (χ4n) is 2.41. The van der Waals surface area contributed by atoms with Gasteiger partial charge in [-0.05, 0) is 19.9 Å². The topological polar surface area (TPSA) is 21.1 Å². The third-order valence-electron chi connectivity index (χ3n) is 3.40. The molecule has 0 spiro atoms. The summed E-state index contributed by atoms with van der Waals surface area (Å²) in [7, 11) is 2.20. The molecule has 0 atom stereocenters. The molecule has 0 N–H and O–H groups in total. The van der Waals surface area contributed by atoms with Crippen molar-refractivity contribution in [1.29, 1.82) is 0 Å². The van der Waals surface area contributed by atoms with Gasteiger partial charge in [0.15, 0.2) is 0 Å². The Morgan fingerprint density at radius 2 is 2.16 bits per heavy atom. The molecule has 4 heteroatoms. The largest absolute Gasteiger partial charge is 0.335 e. The Hall–Kier alpha value is -0.480. The number of imidazole rings is 1. The zero-order valence-electron chi connectivity index (χ0n) is 12.8. The zero-order valence-corrected chi connectivity index (χ0v) is 13.6. The van der Waals surface area contributed by atoms with Gasteiger partial charge in [-0.1, -0.05) is 20.8 Å². The maximum Gasteiger partial charge on any atom is 0.109 e. The number of aryl methyl sites for hydroxylation is 2. The van der Waals surface area contributed by atoms with E-state index in [2.05, 4.69) is 43.5 Å². The molecule has 0 fully saturated rings. The van der Waals surface area contributed by atoms with E-state index in [-0.39, 0.29) is 0 Å². The quantitative estimate of drug-likeness (QED) is 0.827. The van der Waals surface area contributed by atoms with E-state index < -0.39 is 0 Å². The molecule has 0 saturated heterocycles. The van der Waals surface area contributed by atoms with Crippen molar-refractivity contribution >= 4 is 11.8 Å².